The van der Waals surface area contributed by atoms with Crippen molar-refractivity contribution in [3.05, 3.63) is 0 Å². The molecule has 3 heteroatoms. The van der Waals surface area contributed by atoms with E-state index in [1.54, 1.807) is 0 Å². The molecular formula is C9H20N2O. The van der Waals surface area contributed by atoms with Gasteiger partial charge in [0, 0.05) is 12.1 Å². The molecule has 0 aliphatic heterocycles. The largest absolute Gasteiger partial charge is 0.336 e. The Balaban J connectivity index is 3.59. The molecule has 0 heterocycles. The van der Waals surface area contributed by atoms with Gasteiger partial charge in [0.1, 0.15) is 0 Å². The van der Waals surface area contributed by atoms with E-state index in [-0.39, 0.29) is 18.1 Å². The molecule has 0 saturated heterocycles. The molecule has 0 rings (SSSR count). The first-order valence-corrected chi connectivity index (χ1v) is 4.67. The molecule has 0 aromatic rings. The minimum absolute atomic E-state index is 0.0568. The molecule has 2 amide bonds. The van der Waals surface area contributed by atoms with Crippen LogP contribution in [0.2, 0.25) is 0 Å². The summed E-state index contributed by atoms with van der Waals surface area (Å²) >= 11 is 0. The predicted molar refractivity (Wildman–Crippen MR) is 51.2 cm³/mol. The highest BCUT2D eigenvalue weighted by Gasteiger charge is 2.06. The fourth-order valence-electron chi connectivity index (χ4n) is 0.693. The standard InChI is InChI=1S/C9H20N2O/c1-5-7(3)10-9(12)11-8(4)6-2/h7-8H,5-6H2,1-4H3,(H2,10,11,12). The molecule has 72 valence electrons. The van der Waals surface area contributed by atoms with Gasteiger partial charge in [0.25, 0.3) is 0 Å². The van der Waals surface area contributed by atoms with E-state index >= 15 is 0 Å². The van der Waals surface area contributed by atoms with Crippen molar-refractivity contribution in [1.29, 1.82) is 0 Å². The number of carbonyl (C=O) groups is 1. The number of carbonyl (C=O) groups excluding carboxylic acids is 1. The Bertz CT molecular complexity index is 122. The van der Waals surface area contributed by atoms with Crippen LogP contribution in [0.4, 0.5) is 4.79 Å². The third-order valence-electron chi connectivity index (χ3n) is 1.98. The van der Waals surface area contributed by atoms with Crippen molar-refractivity contribution in [2.24, 2.45) is 0 Å². The summed E-state index contributed by atoms with van der Waals surface area (Å²) in [5.74, 6) is 0. The van der Waals surface area contributed by atoms with E-state index in [2.05, 4.69) is 10.6 Å². The number of amides is 2. The van der Waals surface area contributed by atoms with Crippen molar-refractivity contribution in [3.8, 4) is 0 Å². The van der Waals surface area contributed by atoms with Crippen LogP contribution in [-0.4, -0.2) is 18.1 Å². The Morgan fingerprint density at radius 1 is 1.08 bits per heavy atom. The van der Waals surface area contributed by atoms with Gasteiger partial charge in [-0.3, -0.25) is 0 Å². The normalized spacial score (nSPS) is 15.0. The van der Waals surface area contributed by atoms with Crippen molar-refractivity contribution in [3.63, 3.8) is 0 Å². The Labute approximate surface area is 74.9 Å². The van der Waals surface area contributed by atoms with Crippen molar-refractivity contribution >= 4 is 6.03 Å². The third kappa shape index (κ3) is 4.99. The second-order valence-electron chi connectivity index (χ2n) is 3.24. The lowest BCUT2D eigenvalue weighted by Crippen LogP contribution is -2.44. The summed E-state index contributed by atoms with van der Waals surface area (Å²) < 4.78 is 0. The number of hydrogen-bond donors (Lipinski definition) is 2. The van der Waals surface area contributed by atoms with E-state index in [9.17, 15) is 4.79 Å². The van der Waals surface area contributed by atoms with Gasteiger partial charge in [-0.25, -0.2) is 4.79 Å². The van der Waals surface area contributed by atoms with Gasteiger partial charge in [-0.2, -0.15) is 0 Å². The van der Waals surface area contributed by atoms with Crippen LogP contribution in [0.25, 0.3) is 0 Å². The summed E-state index contributed by atoms with van der Waals surface area (Å²) in [4.78, 5) is 11.2. The van der Waals surface area contributed by atoms with Crippen molar-refractivity contribution in [2.75, 3.05) is 0 Å². The maximum atomic E-state index is 11.2. The Kier molecular flexibility index (Phi) is 5.51. The first-order valence-electron chi connectivity index (χ1n) is 4.67. The van der Waals surface area contributed by atoms with Crippen LogP contribution >= 0.6 is 0 Å². The molecule has 2 N–H and O–H groups in total. The SMILES string of the molecule is CCC(C)NC(=O)NC(C)CC. The van der Waals surface area contributed by atoms with Gasteiger partial charge >= 0.3 is 6.03 Å². The predicted octanol–water partition coefficient (Wildman–Crippen LogP) is 1.88. The molecule has 0 aromatic carbocycles. The van der Waals surface area contributed by atoms with Crippen molar-refractivity contribution in [2.45, 2.75) is 52.6 Å². The van der Waals surface area contributed by atoms with Gasteiger partial charge in [0.15, 0.2) is 0 Å². The second-order valence-corrected chi connectivity index (χ2v) is 3.24. The van der Waals surface area contributed by atoms with Crippen LogP contribution < -0.4 is 10.6 Å². The van der Waals surface area contributed by atoms with E-state index < -0.39 is 0 Å². The molecule has 0 saturated carbocycles. The molecule has 0 aromatic heterocycles. The maximum Gasteiger partial charge on any atom is 0.315 e. The van der Waals surface area contributed by atoms with E-state index in [0.717, 1.165) is 12.8 Å². The van der Waals surface area contributed by atoms with E-state index in [4.69, 9.17) is 0 Å². The zero-order valence-electron chi connectivity index (χ0n) is 8.48. The zero-order chi connectivity index (χ0) is 9.56. The smallest absolute Gasteiger partial charge is 0.315 e. The Morgan fingerprint density at radius 3 is 1.67 bits per heavy atom. The van der Waals surface area contributed by atoms with Crippen LogP contribution in [0.5, 0.6) is 0 Å². The lowest BCUT2D eigenvalue weighted by atomic mass is 10.2. The van der Waals surface area contributed by atoms with Gasteiger partial charge in [-0.05, 0) is 26.7 Å². The topological polar surface area (TPSA) is 41.1 Å². The van der Waals surface area contributed by atoms with Gasteiger partial charge in [-0.15, -0.1) is 0 Å². The van der Waals surface area contributed by atoms with E-state index in [1.807, 2.05) is 27.7 Å². The van der Waals surface area contributed by atoms with Crippen molar-refractivity contribution < 1.29 is 4.79 Å². The third-order valence-corrected chi connectivity index (χ3v) is 1.98. The van der Waals surface area contributed by atoms with Gasteiger partial charge in [-0.1, -0.05) is 13.8 Å². The van der Waals surface area contributed by atoms with Crippen LogP contribution in [0.1, 0.15) is 40.5 Å². The van der Waals surface area contributed by atoms with Crippen LogP contribution in [-0.2, 0) is 0 Å². The Hall–Kier alpha value is -0.730. The minimum atomic E-state index is -0.0568. The molecule has 12 heavy (non-hydrogen) atoms. The first-order chi connectivity index (χ1) is 5.60. The number of urea groups is 1. The quantitative estimate of drug-likeness (QED) is 0.668. The highest BCUT2D eigenvalue weighted by Crippen LogP contribution is 1.90. The second kappa shape index (κ2) is 5.86. The van der Waals surface area contributed by atoms with Gasteiger partial charge < -0.3 is 10.6 Å². The maximum absolute atomic E-state index is 11.2. The van der Waals surface area contributed by atoms with Crippen LogP contribution in [0.3, 0.4) is 0 Å². The fraction of sp³-hybridized carbons (Fsp3) is 0.889. The lowest BCUT2D eigenvalue weighted by molar-refractivity contribution is 0.234. The van der Waals surface area contributed by atoms with Crippen molar-refractivity contribution in [1.82, 2.24) is 10.6 Å². The lowest BCUT2D eigenvalue weighted by Gasteiger charge is -2.15. The molecule has 0 radical (unpaired) electrons. The average Bonchev–Trinajstić information content (AvgIpc) is 2.03. The Morgan fingerprint density at radius 2 is 1.42 bits per heavy atom. The van der Waals surface area contributed by atoms with E-state index in [0.29, 0.717) is 0 Å². The summed E-state index contributed by atoms with van der Waals surface area (Å²) in [6.45, 7) is 8.09. The molecule has 3 nitrogen and oxygen atoms in total. The molecule has 0 spiro atoms. The minimum Gasteiger partial charge on any atom is -0.336 e. The molecular weight excluding hydrogens is 152 g/mol. The van der Waals surface area contributed by atoms with Crippen LogP contribution in [0.15, 0.2) is 0 Å². The molecule has 0 bridgehead atoms. The zero-order valence-corrected chi connectivity index (χ0v) is 8.48. The molecule has 0 fully saturated rings. The highest BCUT2D eigenvalue weighted by molar-refractivity contribution is 5.74. The summed E-state index contributed by atoms with van der Waals surface area (Å²) in [5, 5.41) is 5.69. The first kappa shape index (κ1) is 11.3. The molecule has 0 aliphatic carbocycles. The molecule has 2 unspecified atom stereocenters. The number of rotatable bonds is 4. The fourth-order valence-corrected chi connectivity index (χ4v) is 0.693. The molecule has 0 aliphatic rings. The number of hydrogen-bond acceptors (Lipinski definition) is 1. The van der Waals surface area contributed by atoms with E-state index in [1.165, 1.54) is 0 Å². The summed E-state index contributed by atoms with van der Waals surface area (Å²) in [5.41, 5.74) is 0. The van der Waals surface area contributed by atoms with Crippen LogP contribution in [0, 0.1) is 0 Å². The highest BCUT2D eigenvalue weighted by atomic mass is 16.2. The average molecular weight is 172 g/mol. The number of nitrogens with one attached hydrogen (secondary N) is 2. The van der Waals surface area contributed by atoms with Gasteiger partial charge in [0.2, 0.25) is 0 Å². The summed E-state index contributed by atoms with van der Waals surface area (Å²) in [7, 11) is 0. The summed E-state index contributed by atoms with van der Waals surface area (Å²) in [6.07, 6.45) is 1.93. The summed E-state index contributed by atoms with van der Waals surface area (Å²) in [6, 6.07) is 0.460. The monoisotopic (exact) mass is 172 g/mol. The molecule has 2 atom stereocenters. The van der Waals surface area contributed by atoms with Gasteiger partial charge in [0.05, 0.1) is 0 Å².